The van der Waals surface area contributed by atoms with Gasteiger partial charge in [0.1, 0.15) is 42.4 Å². The van der Waals surface area contributed by atoms with Crippen molar-refractivity contribution < 1.29 is 48.6 Å². The smallest absolute Gasteiger partial charge is 0.338 e. The molecule has 1 aromatic rings. The van der Waals surface area contributed by atoms with Gasteiger partial charge in [-0.25, -0.2) is 4.79 Å². The van der Waals surface area contributed by atoms with Crippen LogP contribution in [0.3, 0.4) is 0 Å². The van der Waals surface area contributed by atoms with E-state index in [-0.39, 0.29) is 25.2 Å². The molecule has 6 rings (SSSR count). The van der Waals surface area contributed by atoms with Crippen LogP contribution in [0.25, 0.3) is 0 Å². The maximum absolute atomic E-state index is 12.7. The summed E-state index contributed by atoms with van der Waals surface area (Å²) >= 11 is 0. The Balaban J connectivity index is 1.33. The van der Waals surface area contributed by atoms with Gasteiger partial charge >= 0.3 is 5.97 Å². The second-order valence-electron chi connectivity index (χ2n) is 9.70. The van der Waals surface area contributed by atoms with Crippen molar-refractivity contribution >= 4 is 11.8 Å². The van der Waals surface area contributed by atoms with Crippen LogP contribution >= 0.6 is 0 Å². The van der Waals surface area contributed by atoms with E-state index in [4.69, 9.17) is 23.7 Å². The molecule has 2 aliphatic carbocycles. The molecular weight excluding hydrogens is 436 g/mol. The van der Waals surface area contributed by atoms with Crippen molar-refractivity contribution in [3.8, 4) is 0 Å². The Morgan fingerprint density at radius 2 is 1.91 bits per heavy atom. The predicted octanol–water partition coefficient (Wildman–Crippen LogP) is -0.469. The van der Waals surface area contributed by atoms with Gasteiger partial charge in [0.2, 0.25) is 0 Å². The van der Waals surface area contributed by atoms with Crippen LogP contribution in [0, 0.1) is 11.3 Å². The van der Waals surface area contributed by atoms with Crippen LogP contribution in [0.5, 0.6) is 0 Å². The van der Waals surface area contributed by atoms with Crippen molar-refractivity contribution in [3.63, 3.8) is 0 Å². The third-order valence-corrected chi connectivity index (χ3v) is 8.27. The van der Waals surface area contributed by atoms with Gasteiger partial charge in [-0.1, -0.05) is 18.2 Å². The second-order valence-corrected chi connectivity index (χ2v) is 9.70. The first-order valence-electron chi connectivity index (χ1n) is 11.2. The lowest BCUT2D eigenvalue weighted by atomic mass is 9.49. The van der Waals surface area contributed by atoms with Crippen molar-refractivity contribution in [2.45, 2.75) is 68.0 Å². The van der Waals surface area contributed by atoms with Crippen LogP contribution in [0.1, 0.15) is 30.1 Å². The molecule has 0 radical (unpaired) electrons. The zero-order chi connectivity index (χ0) is 23.2. The van der Waals surface area contributed by atoms with Crippen molar-refractivity contribution in [1.29, 1.82) is 0 Å². The Morgan fingerprint density at radius 3 is 2.64 bits per heavy atom. The Hall–Kier alpha value is -1.92. The van der Waals surface area contributed by atoms with E-state index < -0.39 is 72.1 Å². The van der Waals surface area contributed by atoms with Gasteiger partial charge in [-0.3, -0.25) is 4.79 Å². The molecule has 3 saturated heterocycles. The van der Waals surface area contributed by atoms with E-state index in [2.05, 4.69) is 0 Å². The first-order valence-corrected chi connectivity index (χ1v) is 11.2. The van der Waals surface area contributed by atoms with E-state index in [1.165, 1.54) is 0 Å². The van der Waals surface area contributed by atoms with Crippen LogP contribution < -0.4 is 0 Å². The lowest BCUT2D eigenvalue weighted by Gasteiger charge is -2.65. The molecule has 0 amide bonds. The summed E-state index contributed by atoms with van der Waals surface area (Å²) in [5, 5.41) is 30.4. The summed E-state index contributed by atoms with van der Waals surface area (Å²) in [5.74, 6) is -2.29. The number of benzene rings is 1. The van der Waals surface area contributed by atoms with E-state index in [9.17, 15) is 24.9 Å². The first kappa shape index (κ1) is 21.6. The molecule has 178 valence electrons. The average molecular weight is 462 g/mol. The summed E-state index contributed by atoms with van der Waals surface area (Å²) in [4.78, 5) is 25.4. The zero-order valence-electron chi connectivity index (χ0n) is 18.0. The van der Waals surface area contributed by atoms with Crippen LogP contribution in [-0.2, 0) is 28.5 Å². The SMILES string of the molecule is C[C@@]12O[C@H]3[C@@H](O[C@H](CO)[C@@H](O)[C@@H]3O)O[C@@]13CC1C(=O)C[C@@H](O2)[C@]13COC(=O)c1ccccc1. The number of carbonyl (C=O) groups excluding carboxylic acids is 2. The van der Waals surface area contributed by atoms with Crippen molar-refractivity contribution in [3.05, 3.63) is 35.9 Å². The Bertz CT molecular complexity index is 985. The molecular formula is C23H26O10. The second kappa shape index (κ2) is 7.05. The Kier molecular flexibility index (Phi) is 4.61. The van der Waals surface area contributed by atoms with E-state index in [1.807, 2.05) is 0 Å². The monoisotopic (exact) mass is 462 g/mol. The number of Topliss-reactive ketones (excluding diaryl/α,β-unsaturated/α-hetero) is 1. The number of hydrogen-bond donors (Lipinski definition) is 3. The largest absolute Gasteiger partial charge is 0.461 e. The van der Waals surface area contributed by atoms with Gasteiger partial charge in [0.15, 0.2) is 12.1 Å². The van der Waals surface area contributed by atoms with E-state index in [0.717, 1.165) is 0 Å². The van der Waals surface area contributed by atoms with Gasteiger partial charge in [0.05, 0.1) is 23.7 Å². The van der Waals surface area contributed by atoms with Crippen molar-refractivity contribution in [2.24, 2.45) is 11.3 Å². The first-order chi connectivity index (χ1) is 15.8. The quantitative estimate of drug-likeness (QED) is 0.503. The van der Waals surface area contributed by atoms with Gasteiger partial charge in [0, 0.05) is 12.3 Å². The fourth-order valence-electron chi connectivity index (χ4n) is 6.60. The third kappa shape index (κ3) is 2.57. The average Bonchev–Trinajstić information content (AvgIpc) is 3.09. The fourth-order valence-corrected chi connectivity index (χ4v) is 6.60. The van der Waals surface area contributed by atoms with Crippen LogP contribution in [0.4, 0.5) is 0 Å². The zero-order valence-corrected chi connectivity index (χ0v) is 18.0. The van der Waals surface area contributed by atoms with Gasteiger partial charge in [-0.05, 0) is 25.5 Å². The van der Waals surface area contributed by atoms with E-state index in [1.54, 1.807) is 37.3 Å². The van der Waals surface area contributed by atoms with Gasteiger partial charge in [-0.15, -0.1) is 0 Å². The van der Waals surface area contributed by atoms with Gasteiger partial charge in [0.25, 0.3) is 0 Å². The highest BCUT2D eigenvalue weighted by atomic mass is 16.8. The number of ether oxygens (including phenoxy) is 5. The molecule has 2 saturated carbocycles. The molecule has 33 heavy (non-hydrogen) atoms. The minimum absolute atomic E-state index is 0.0161. The third-order valence-electron chi connectivity index (χ3n) is 8.27. The molecule has 1 aromatic carbocycles. The van der Waals surface area contributed by atoms with Crippen LogP contribution in [0.2, 0.25) is 0 Å². The molecule has 1 unspecified atom stereocenters. The number of rotatable bonds is 4. The molecule has 10 atom stereocenters. The maximum Gasteiger partial charge on any atom is 0.338 e. The summed E-state index contributed by atoms with van der Waals surface area (Å²) in [6.45, 7) is 1.06. The molecule has 5 fully saturated rings. The predicted molar refractivity (Wildman–Crippen MR) is 107 cm³/mol. The van der Waals surface area contributed by atoms with Crippen molar-refractivity contribution in [2.75, 3.05) is 13.2 Å². The molecule has 5 aliphatic rings. The summed E-state index contributed by atoms with van der Waals surface area (Å²) < 4.78 is 30.3. The Morgan fingerprint density at radius 1 is 1.15 bits per heavy atom. The fraction of sp³-hybridized carbons (Fsp3) is 0.652. The number of carbonyl (C=O) groups is 2. The molecule has 3 aliphatic heterocycles. The lowest BCUT2D eigenvalue weighted by Crippen LogP contribution is -2.79. The number of aliphatic hydroxyl groups is 3. The van der Waals surface area contributed by atoms with Crippen molar-refractivity contribution in [1.82, 2.24) is 0 Å². The molecule has 0 bridgehead atoms. The highest BCUT2D eigenvalue weighted by Gasteiger charge is 2.89. The molecule has 1 spiro atoms. The van der Waals surface area contributed by atoms with Crippen LogP contribution in [-0.4, -0.2) is 88.5 Å². The van der Waals surface area contributed by atoms with Gasteiger partial charge < -0.3 is 39.0 Å². The number of hydrogen-bond acceptors (Lipinski definition) is 10. The van der Waals surface area contributed by atoms with E-state index >= 15 is 0 Å². The maximum atomic E-state index is 12.7. The normalized spacial score (nSPS) is 49.6. The summed E-state index contributed by atoms with van der Waals surface area (Å²) in [5.41, 5.74) is -1.74. The minimum atomic E-state index is -1.37. The standard InChI is InChI=1S/C23H26O10/c1-21-23(33-20-18(32-21)17(27)16(26)14(9-24)30-20)8-12-13(25)7-15(31-21)22(12,23)10-29-19(28)11-5-3-2-4-6-11/h2-6,12,14-18,20,24,26-27H,7-10H2,1H3/t12?,14-,15-,16-,17+,18-,20+,21-,22+,23+/m1/s1. The van der Waals surface area contributed by atoms with E-state index in [0.29, 0.717) is 5.56 Å². The molecule has 3 heterocycles. The lowest BCUT2D eigenvalue weighted by molar-refractivity contribution is -0.466. The highest BCUT2D eigenvalue weighted by Crippen LogP contribution is 2.75. The summed E-state index contributed by atoms with van der Waals surface area (Å²) in [6, 6.07) is 8.56. The minimum Gasteiger partial charge on any atom is -0.461 e. The molecule has 0 aromatic heterocycles. The summed E-state index contributed by atoms with van der Waals surface area (Å²) in [6.07, 6.45) is -6.14. The number of aliphatic hydroxyl groups excluding tert-OH is 3. The topological polar surface area (TPSA) is 141 Å². The summed E-state index contributed by atoms with van der Waals surface area (Å²) in [7, 11) is 0. The highest BCUT2D eigenvalue weighted by molar-refractivity contribution is 5.90. The van der Waals surface area contributed by atoms with Crippen LogP contribution in [0.15, 0.2) is 30.3 Å². The number of esters is 1. The molecule has 10 nitrogen and oxygen atoms in total. The Labute approximate surface area is 189 Å². The number of fused-ring (bicyclic) bond motifs is 1. The van der Waals surface area contributed by atoms with Gasteiger partial charge in [-0.2, -0.15) is 0 Å². The number of ketones is 1. The molecule has 10 heteroatoms. The molecule has 3 N–H and O–H groups in total.